The Bertz CT molecular complexity index is 2480. The molecule has 2 saturated heterocycles. The molecule has 6 rings (SSSR count). The monoisotopic (exact) mass is 844 g/mol. The van der Waals surface area contributed by atoms with Gasteiger partial charge in [-0.1, -0.05) is 84.7 Å². The molecule has 0 amide bonds. The number of hydrogen-bond acceptors (Lipinski definition) is 12. The van der Waals surface area contributed by atoms with Crippen LogP contribution < -0.4 is 22.5 Å². The number of hydrogen-bond donors (Lipinski definition) is 4. The summed E-state index contributed by atoms with van der Waals surface area (Å²) in [5, 5.41) is 26.9. The number of carbonyl (C=O) groups is 1. The zero-order valence-corrected chi connectivity index (χ0v) is 34.0. The number of nitrogens with zero attached hydrogens (tertiary/aromatic N) is 8. The van der Waals surface area contributed by atoms with E-state index in [1.54, 1.807) is 13.8 Å². The van der Waals surface area contributed by atoms with Gasteiger partial charge in [0.1, 0.15) is 36.2 Å². The van der Waals surface area contributed by atoms with E-state index in [-0.39, 0.29) is 38.2 Å². The zero-order chi connectivity index (χ0) is 44.3. The van der Waals surface area contributed by atoms with Gasteiger partial charge in [0.2, 0.25) is 0 Å². The fourth-order valence-corrected chi connectivity index (χ4v) is 7.70. The summed E-state index contributed by atoms with van der Waals surface area (Å²) >= 11 is 0. The molecule has 0 radical (unpaired) electrons. The average molecular weight is 845 g/mol. The predicted octanol–water partition coefficient (Wildman–Crippen LogP) is 4.43. The lowest BCUT2D eigenvalue weighted by molar-refractivity contribution is -0.159. The molecule has 2 aromatic carbocycles. The third kappa shape index (κ3) is 10.2. The third-order valence-corrected chi connectivity index (χ3v) is 10.9. The maximum absolute atomic E-state index is 12.5. The highest BCUT2D eigenvalue weighted by molar-refractivity contribution is 5.68. The lowest BCUT2D eigenvalue weighted by atomic mass is 9.88. The normalized spacial score (nSPS) is 25.5. The molecule has 0 spiro atoms. The van der Waals surface area contributed by atoms with E-state index in [1.165, 1.54) is 23.9 Å². The lowest BCUT2D eigenvalue weighted by Crippen LogP contribution is -2.45. The quantitative estimate of drug-likeness (QED) is 0.0695. The van der Waals surface area contributed by atoms with E-state index in [9.17, 15) is 45.2 Å². The summed E-state index contributed by atoms with van der Waals surface area (Å²) < 4.78 is 26.9. The van der Waals surface area contributed by atoms with Crippen LogP contribution in [0.1, 0.15) is 74.2 Å². The molecule has 324 valence electrons. The summed E-state index contributed by atoms with van der Waals surface area (Å²) in [5.41, 5.74) is 15.9. The molecule has 61 heavy (non-hydrogen) atoms. The van der Waals surface area contributed by atoms with Crippen molar-refractivity contribution in [3.8, 4) is 0 Å². The number of H-pyrrole nitrogens is 2. The first-order chi connectivity index (χ1) is 29.3. The summed E-state index contributed by atoms with van der Waals surface area (Å²) in [6.45, 7) is 6.89. The molecule has 21 heteroatoms. The van der Waals surface area contributed by atoms with E-state index in [4.69, 9.17) is 18.9 Å². The summed E-state index contributed by atoms with van der Waals surface area (Å²) in [5.74, 6) is -1.12. The van der Waals surface area contributed by atoms with Crippen LogP contribution in [0.5, 0.6) is 0 Å². The Labute approximate surface area is 347 Å². The van der Waals surface area contributed by atoms with Gasteiger partial charge < -0.3 is 29.2 Å². The van der Waals surface area contributed by atoms with Crippen LogP contribution in [0.4, 0.5) is 0 Å². The first-order valence-electron chi connectivity index (χ1n) is 19.5. The van der Waals surface area contributed by atoms with Crippen molar-refractivity contribution in [3.63, 3.8) is 0 Å². The predicted molar refractivity (Wildman–Crippen MR) is 218 cm³/mol. The molecule has 4 N–H and O–H groups in total. The fourth-order valence-electron chi connectivity index (χ4n) is 7.70. The van der Waals surface area contributed by atoms with Crippen molar-refractivity contribution < 1.29 is 34.0 Å². The Morgan fingerprint density at radius 3 is 1.54 bits per heavy atom. The van der Waals surface area contributed by atoms with Crippen molar-refractivity contribution in [1.29, 1.82) is 0 Å². The van der Waals surface area contributed by atoms with Crippen LogP contribution in [0.3, 0.4) is 0 Å². The number of aromatic nitrogens is 4. The van der Waals surface area contributed by atoms with Crippen molar-refractivity contribution in [2.75, 3.05) is 6.61 Å². The largest absolute Gasteiger partial charge is 0.481 e. The van der Waals surface area contributed by atoms with Crippen LogP contribution in [0.25, 0.3) is 20.9 Å². The molecule has 2 aliphatic heterocycles. The molecule has 2 aliphatic rings. The number of nitrogens with one attached hydrogen (secondary N) is 2. The molecular weight excluding hydrogens is 796 g/mol. The van der Waals surface area contributed by atoms with Crippen LogP contribution >= 0.6 is 0 Å². The van der Waals surface area contributed by atoms with Gasteiger partial charge in [0.25, 0.3) is 11.1 Å². The van der Waals surface area contributed by atoms with Crippen molar-refractivity contribution >= 4 is 5.97 Å². The van der Waals surface area contributed by atoms with Crippen LogP contribution in [-0.2, 0) is 37.0 Å². The smallest absolute Gasteiger partial charge is 0.330 e. The summed E-state index contributed by atoms with van der Waals surface area (Å²) in [7, 11) is 0. The fraction of sp³-hybridized carbons (Fsp3) is 0.475. The highest BCUT2D eigenvalue weighted by Gasteiger charge is 2.57. The molecule has 2 fully saturated rings. The number of azide groups is 2. The summed E-state index contributed by atoms with van der Waals surface area (Å²) in [6, 6.07) is 16.8. The highest BCUT2D eigenvalue weighted by atomic mass is 16.6. The molecule has 4 heterocycles. The molecule has 4 aromatic rings. The Hall–Kier alpha value is -6.31. The lowest BCUT2D eigenvalue weighted by Gasteiger charge is -2.33. The molecule has 0 saturated carbocycles. The van der Waals surface area contributed by atoms with Gasteiger partial charge in [-0.05, 0) is 48.9 Å². The van der Waals surface area contributed by atoms with E-state index in [0.717, 1.165) is 15.7 Å². The zero-order valence-electron chi connectivity index (χ0n) is 34.0. The van der Waals surface area contributed by atoms with E-state index in [0.29, 0.717) is 12.0 Å². The van der Waals surface area contributed by atoms with Gasteiger partial charge in [-0.15, -0.1) is 0 Å². The number of aliphatic hydroxyl groups excluding tert-OH is 1. The molecule has 21 nitrogen and oxygen atoms in total. The maximum atomic E-state index is 12.5. The maximum Gasteiger partial charge on any atom is 0.330 e. The first-order valence-corrected chi connectivity index (χ1v) is 19.5. The van der Waals surface area contributed by atoms with Crippen molar-refractivity contribution in [2.24, 2.45) is 10.2 Å². The number of carboxylic acid groups (broad SMARTS) is 1. The Morgan fingerprint density at radius 1 is 0.754 bits per heavy atom. The number of aromatic amines is 2. The molecule has 0 aliphatic carbocycles. The standard InChI is InChI=1S/C20H23N5O6.C20H25N5O5/c1-3-20(9-14(26)27)16(30-11-13-7-5-4-6-8-13)15(23-24-21)18(31-20)25-10-12(2)17(28)22-19(25)29;1-3-20(9-10-26)16(29-12-14-7-5-4-6-8-14)15(23-24-21)18(30-20)25-11-13(2)17(27)22-19(25)28/h4-8,10,15-16,18H,3,9,11H2,1-2H3,(H,26,27)(H,22,28,29);4-8,11,15-16,18,26H,3,9-10,12H2,1-2H3,(H,22,27,28)/t2*15-,16?,18+,20-/m00/s1. The van der Waals surface area contributed by atoms with E-state index in [2.05, 4.69) is 30.0 Å². The minimum absolute atomic E-state index is 0.125. The second kappa shape index (κ2) is 20.3. The topological polar surface area (TPSA) is 302 Å². The summed E-state index contributed by atoms with van der Waals surface area (Å²) in [6.07, 6.45) is -0.639. The van der Waals surface area contributed by atoms with Crippen LogP contribution in [0.15, 0.2) is 102 Å². The van der Waals surface area contributed by atoms with E-state index >= 15 is 0 Å². The van der Waals surface area contributed by atoms with Crippen LogP contribution in [-0.4, -0.2) is 77.4 Å². The third-order valence-electron chi connectivity index (χ3n) is 10.9. The van der Waals surface area contributed by atoms with Gasteiger partial charge >= 0.3 is 17.3 Å². The minimum Gasteiger partial charge on any atom is -0.481 e. The molecule has 2 unspecified atom stereocenters. The van der Waals surface area contributed by atoms with Gasteiger partial charge in [0.15, 0.2) is 0 Å². The second-order valence-corrected chi connectivity index (χ2v) is 14.7. The Balaban J connectivity index is 0.000000231. The molecular formula is C40H48N10O11. The summed E-state index contributed by atoms with van der Waals surface area (Å²) in [4.78, 5) is 70.4. The second-order valence-electron chi connectivity index (χ2n) is 14.7. The van der Waals surface area contributed by atoms with E-state index in [1.807, 2.05) is 67.6 Å². The number of carboxylic acids is 1. The first kappa shape index (κ1) is 45.8. The van der Waals surface area contributed by atoms with Gasteiger partial charge in [0.05, 0.1) is 31.3 Å². The number of aryl methyl sites for hydroxylation is 2. The van der Waals surface area contributed by atoms with Crippen molar-refractivity contribution in [1.82, 2.24) is 19.1 Å². The number of aliphatic hydroxyl groups is 1. The van der Waals surface area contributed by atoms with Gasteiger partial charge in [-0.25, -0.2) is 9.59 Å². The van der Waals surface area contributed by atoms with Crippen LogP contribution in [0.2, 0.25) is 0 Å². The number of ether oxygens (including phenoxy) is 4. The molecule has 8 atom stereocenters. The van der Waals surface area contributed by atoms with Crippen LogP contribution in [0, 0.1) is 13.8 Å². The van der Waals surface area contributed by atoms with E-state index < -0.39 is 82.8 Å². The Kier molecular flexibility index (Phi) is 15.2. The Morgan fingerprint density at radius 2 is 1.16 bits per heavy atom. The molecule has 2 aromatic heterocycles. The average Bonchev–Trinajstić information content (AvgIpc) is 3.71. The van der Waals surface area contributed by atoms with Gasteiger partial charge in [0, 0.05) is 46.4 Å². The number of rotatable bonds is 16. The van der Waals surface area contributed by atoms with Crippen molar-refractivity contribution in [3.05, 3.63) is 158 Å². The minimum atomic E-state index is -1.35. The van der Waals surface area contributed by atoms with Gasteiger partial charge in [-0.3, -0.25) is 33.5 Å². The number of benzene rings is 2. The highest BCUT2D eigenvalue weighted by Crippen LogP contribution is 2.46. The van der Waals surface area contributed by atoms with Crippen molar-refractivity contribution in [2.45, 2.75) is 115 Å². The van der Waals surface area contributed by atoms with Gasteiger partial charge in [-0.2, -0.15) is 0 Å². The molecule has 0 bridgehead atoms. The number of aliphatic carboxylic acids is 1. The SMILES string of the molecule is CC[C@@]1(CC(=O)O)O[C@@H](n2cc(C)c(=O)[nH]c2=O)[C@@H](N=[N+]=[N-])C1OCc1ccccc1.CC[C@@]1(CCO)O[C@@H](n2cc(C)c(=O)[nH]c2=O)[C@@H](N=[N+]=[N-])C1OCc1ccccc1.